The van der Waals surface area contributed by atoms with Crippen LogP contribution in [0.25, 0.3) is 0 Å². The predicted octanol–water partition coefficient (Wildman–Crippen LogP) is 1.60. The highest BCUT2D eigenvalue weighted by Gasteiger charge is 2.11. The Bertz CT molecular complexity index is 325. The highest BCUT2D eigenvalue weighted by Crippen LogP contribution is 2.28. The van der Waals surface area contributed by atoms with Crippen molar-refractivity contribution in [3.63, 3.8) is 0 Å². The maximum Gasteiger partial charge on any atom is 0.177 e. The molecule has 0 saturated heterocycles. The first-order valence-corrected chi connectivity index (χ1v) is 4.55. The summed E-state index contributed by atoms with van der Waals surface area (Å²) in [4.78, 5) is 11.3. The molecule has 0 aliphatic carbocycles. The number of methoxy groups -OCH3 is 1. The summed E-state index contributed by atoms with van der Waals surface area (Å²) in [6.07, 6.45) is 0. The zero-order chi connectivity index (χ0) is 9.84. The van der Waals surface area contributed by atoms with Gasteiger partial charge in [-0.2, -0.15) is 0 Å². The molecule has 70 valence electrons. The Kier molecular flexibility index (Phi) is 3.45. The Balaban J connectivity index is 3.15. The summed E-state index contributed by atoms with van der Waals surface area (Å²) < 4.78 is 5.70. The second-order valence-electron chi connectivity index (χ2n) is 2.45. The third-order valence-corrected chi connectivity index (χ3v) is 2.49. The van der Waals surface area contributed by atoms with E-state index < -0.39 is 0 Å². The lowest BCUT2D eigenvalue weighted by molar-refractivity contribution is 0.100. The first kappa shape index (κ1) is 10.2. The number of ether oxygens (including phenoxy) is 1. The van der Waals surface area contributed by atoms with Crippen LogP contribution in [-0.4, -0.2) is 19.4 Å². The molecule has 0 atom stereocenters. The zero-order valence-electron chi connectivity index (χ0n) is 7.21. The average molecular weight is 244 g/mol. The Labute approximate surface area is 85.0 Å². The van der Waals surface area contributed by atoms with E-state index in [-0.39, 0.29) is 12.3 Å². The van der Waals surface area contributed by atoms with Gasteiger partial charge in [0.05, 0.1) is 18.1 Å². The number of carbonyl (C=O) groups is 1. The summed E-state index contributed by atoms with van der Waals surface area (Å²) in [5, 5.41) is 0. The van der Waals surface area contributed by atoms with Crippen LogP contribution in [-0.2, 0) is 0 Å². The minimum absolute atomic E-state index is 0.00572. The van der Waals surface area contributed by atoms with Gasteiger partial charge in [0.1, 0.15) is 5.75 Å². The SMILES string of the molecule is COc1cccc(C(=O)CN)c1Br. The predicted molar refractivity (Wildman–Crippen MR) is 54.1 cm³/mol. The molecular formula is C9H10BrNO2. The van der Waals surface area contributed by atoms with Gasteiger partial charge in [-0.1, -0.05) is 6.07 Å². The van der Waals surface area contributed by atoms with Gasteiger partial charge in [-0.15, -0.1) is 0 Å². The van der Waals surface area contributed by atoms with Crippen molar-refractivity contribution < 1.29 is 9.53 Å². The third-order valence-electron chi connectivity index (χ3n) is 1.67. The molecule has 1 aromatic rings. The average Bonchev–Trinajstić information content (AvgIpc) is 2.17. The topological polar surface area (TPSA) is 52.3 Å². The van der Waals surface area contributed by atoms with Gasteiger partial charge < -0.3 is 10.5 Å². The molecule has 0 bridgehead atoms. The molecule has 4 heteroatoms. The van der Waals surface area contributed by atoms with Crippen molar-refractivity contribution >= 4 is 21.7 Å². The van der Waals surface area contributed by atoms with Crippen LogP contribution in [0, 0.1) is 0 Å². The lowest BCUT2D eigenvalue weighted by Gasteiger charge is -2.06. The molecule has 0 radical (unpaired) electrons. The number of rotatable bonds is 3. The van der Waals surface area contributed by atoms with Crippen molar-refractivity contribution in [1.82, 2.24) is 0 Å². The van der Waals surface area contributed by atoms with Crippen molar-refractivity contribution in [2.45, 2.75) is 0 Å². The number of Topliss-reactive ketones (excluding diaryl/α,β-unsaturated/α-hetero) is 1. The van der Waals surface area contributed by atoms with E-state index in [1.165, 1.54) is 0 Å². The molecule has 0 fully saturated rings. The van der Waals surface area contributed by atoms with Gasteiger partial charge in [0, 0.05) is 5.56 Å². The molecule has 0 saturated carbocycles. The fourth-order valence-electron chi connectivity index (χ4n) is 0.994. The second kappa shape index (κ2) is 4.39. The van der Waals surface area contributed by atoms with Crippen molar-refractivity contribution in [1.29, 1.82) is 0 Å². The number of hydrogen-bond acceptors (Lipinski definition) is 3. The number of ketones is 1. The minimum atomic E-state index is -0.106. The van der Waals surface area contributed by atoms with E-state index in [9.17, 15) is 4.79 Å². The van der Waals surface area contributed by atoms with Crippen LogP contribution in [0.4, 0.5) is 0 Å². The molecule has 1 rings (SSSR count). The van der Waals surface area contributed by atoms with Gasteiger partial charge in [-0.25, -0.2) is 0 Å². The highest BCUT2D eigenvalue weighted by molar-refractivity contribution is 9.10. The summed E-state index contributed by atoms with van der Waals surface area (Å²) in [7, 11) is 1.55. The molecule has 0 aliphatic heterocycles. The second-order valence-corrected chi connectivity index (χ2v) is 3.24. The third kappa shape index (κ3) is 2.08. The van der Waals surface area contributed by atoms with E-state index in [0.29, 0.717) is 15.8 Å². The van der Waals surface area contributed by atoms with Crippen LogP contribution >= 0.6 is 15.9 Å². The molecule has 3 nitrogen and oxygen atoms in total. The number of carbonyl (C=O) groups excluding carboxylic acids is 1. The van der Waals surface area contributed by atoms with Gasteiger partial charge in [0.25, 0.3) is 0 Å². The van der Waals surface area contributed by atoms with E-state index in [1.807, 2.05) is 0 Å². The van der Waals surface area contributed by atoms with Gasteiger partial charge in [0.2, 0.25) is 0 Å². The lowest BCUT2D eigenvalue weighted by Crippen LogP contribution is -2.14. The Hall–Kier alpha value is -0.870. The number of hydrogen-bond donors (Lipinski definition) is 1. The van der Waals surface area contributed by atoms with Crippen LogP contribution in [0.2, 0.25) is 0 Å². The first-order chi connectivity index (χ1) is 6.20. The summed E-state index contributed by atoms with van der Waals surface area (Å²) in [6, 6.07) is 5.24. The summed E-state index contributed by atoms with van der Waals surface area (Å²) in [5.41, 5.74) is 5.81. The summed E-state index contributed by atoms with van der Waals surface area (Å²) in [6.45, 7) is 0.00572. The molecule has 0 aromatic heterocycles. The van der Waals surface area contributed by atoms with Crippen LogP contribution < -0.4 is 10.5 Å². The fourth-order valence-corrected chi connectivity index (χ4v) is 1.64. The molecule has 0 heterocycles. The molecule has 0 unspecified atom stereocenters. The Morgan fingerprint density at radius 3 is 2.85 bits per heavy atom. The molecular weight excluding hydrogens is 234 g/mol. The lowest BCUT2D eigenvalue weighted by atomic mass is 10.1. The Morgan fingerprint density at radius 2 is 2.31 bits per heavy atom. The number of halogens is 1. The summed E-state index contributed by atoms with van der Waals surface area (Å²) in [5.74, 6) is 0.532. The zero-order valence-corrected chi connectivity index (χ0v) is 8.80. The normalized spacial score (nSPS) is 9.77. The van der Waals surface area contributed by atoms with Crippen molar-refractivity contribution in [2.75, 3.05) is 13.7 Å². The van der Waals surface area contributed by atoms with Crippen LogP contribution in [0.1, 0.15) is 10.4 Å². The van der Waals surface area contributed by atoms with Gasteiger partial charge in [-0.3, -0.25) is 4.79 Å². The fraction of sp³-hybridized carbons (Fsp3) is 0.222. The summed E-state index contributed by atoms with van der Waals surface area (Å²) >= 11 is 3.28. The molecule has 0 amide bonds. The standard InChI is InChI=1S/C9H10BrNO2/c1-13-8-4-2-3-6(9(8)10)7(12)5-11/h2-4H,5,11H2,1H3. The number of nitrogens with two attached hydrogens (primary N) is 1. The number of benzene rings is 1. The molecule has 0 spiro atoms. The van der Waals surface area contributed by atoms with E-state index in [4.69, 9.17) is 10.5 Å². The Morgan fingerprint density at radius 1 is 1.62 bits per heavy atom. The highest BCUT2D eigenvalue weighted by atomic mass is 79.9. The van der Waals surface area contributed by atoms with Crippen molar-refractivity contribution in [3.8, 4) is 5.75 Å². The quantitative estimate of drug-likeness (QED) is 0.821. The van der Waals surface area contributed by atoms with Crippen LogP contribution in [0.5, 0.6) is 5.75 Å². The van der Waals surface area contributed by atoms with Gasteiger partial charge in [0.15, 0.2) is 5.78 Å². The van der Waals surface area contributed by atoms with Gasteiger partial charge in [-0.05, 0) is 28.1 Å². The maximum absolute atomic E-state index is 11.3. The smallest absolute Gasteiger partial charge is 0.177 e. The molecule has 0 aliphatic rings. The first-order valence-electron chi connectivity index (χ1n) is 3.76. The maximum atomic E-state index is 11.3. The van der Waals surface area contributed by atoms with Crippen LogP contribution in [0.15, 0.2) is 22.7 Å². The van der Waals surface area contributed by atoms with E-state index in [1.54, 1.807) is 25.3 Å². The van der Waals surface area contributed by atoms with Crippen molar-refractivity contribution in [2.24, 2.45) is 5.73 Å². The molecule has 2 N–H and O–H groups in total. The van der Waals surface area contributed by atoms with E-state index in [0.717, 1.165) is 0 Å². The van der Waals surface area contributed by atoms with E-state index >= 15 is 0 Å². The van der Waals surface area contributed by atoms with E-state index in [2.05, 4.69) is 15.9 Å². The van der Waals surface area contributed by atoms with Gasteiger partial charge >= 0.3 is 0 Å². The van der Waals surface area contributed by atoms with Crippen LogP contribution in [0.3, 0.4) is 0 Å². The molecule has 13 heavy (non-hydrogen) atoms. The largest absolute Gasteiger partial charge is 0.496 e. The molecule has 1 aromatic carbocycles. The minimum Gasteiger partial charge on any atom is -0.496 e. The van der Waals surface area contributed by atoms with Crippen molar-refractivity contribution in [3.05, 3.63) is 28.2 Å². The monoisotopic (exact) mass is 243 g/mol.